The molecule has 1 heteroatoms. The molecule has 0 saturated carbocycles. The minimum absolute atomic E-state index is 0. The quantitative estimate of drug-likeness (QED) is 0.691. The molecule has 1 aromatic carbocycles. The molecule has 0 fully saturated rings. The Morgan fingerprint density at radius 2 is 1.58 bits per heavy atom. The third-order valence-corrected chi connectivity index (χ3v) is 1.94. The van der Waals surface area contributed by atoms with E-state index in [1.807, 2.05) is 0 Å². The Kier molecular flexibility index (Phi) is 5.87. The van der Waals surface area contributed by atoms with Gasteiger partial charge in [-0.3, -0.25) is 0 Å². The van der Waals surface area contributed by atoms with E-state index in [0.29, 0.717) is 0 Å². The Morgan fingerprint density at radius 1 is 1.08 bits per heavy atom. The number of rotatable bonds is 2. The van der Waals surface area contributed by atoms with Crippen LogP contribution in [0.2, 0.25) is 0 Å². The molecule has 1 rings (SSSR count). The van der Waals surface area contributed by atoms with Gasteiger partial charge in [0.1, 0.15) is 0 Å². The molecule has 0 aliphatic heterocycles. The fraction of sp³-hybridized carbons (Fsp3) is 0.364. The summed E-state index contributed by atoms with van der Waals surface area (Å²) in [6.07, 6.45) is 1.13. The topological polar surface area (TPSA) is 0 Å². The maximum atomic E-state index is 2.20. The van der Waals surface area contributed by atoms with E-state index in [2.05, 4.69) is 45.0 Å². The predicted molar refractivity (Wildman–Crippen MR) is 49.5 cm³/mol. The summed E-state index contributed by atoms with van der Waals surface area (Å²) in [5, 5.41) is 0. The normalized spacial score (nSPS) is 8.92. The van der Waals surface area contributed by atoms with Gasteiger partial charge in [0, 0.05) is 32.7 Å². The molecule has 63 valence electrons. The van der Waals surface area contributed by atoms with Gasteiger partial charge in [-0.2, -0.15) is 23.6 Å². The molecule has 1 radical (unpaired) electrons. The summed E-state index contributed by atoms with van der Waals surface area (Å²) in [6.45, 7) is 6.46. The molecule has 0 unspecified atom stereocenters. The standard InChI is InChI=1S/C11H15.Y/c1-4-10-5-7-11(8-6-10)9(2)3;/h5-8H,4H2,1-3H3;/q-1;. The first-order chi connectivity index (χ1) is 5.24. The second-order valence-electron chi connectivity index (χ2n) is 3.05. The van der Waals surface area contributed by atoms with Crippen LogP contribution >= 0.6 is 0 Å². The smallest absolute Gasteiger partial charge is 0 e. The molecule has 0 spiro atoms. The summed E-state index contributed by atoms with van der Waals surface area (Å²) in [7, 11) is 0. The largest absolute Gasteiger partial charge is 0.189 e. The number of aryl methyl sites for hydroxylation is 1. The van der Waals surface area contributed by atoms with Crippen LogP contribution in [0.4, 0.5) is 0 Å². The van der Waals surface area contributed by atoms with E-state index < -0.39 is 0 Å². The first-order valence-electron chi connectivity index (χ1n) is 4.13. The Labute approximate surface area is 101 Å². The minimum atomic E-state index is 0. The monoisotopic (exact) mass is 236 g/mol. The molecule has 0 heterocycles. The molecule has 0 amide bonds. The fourth-order valence-corrected chi connectivity index (χ4v) is 1.07. The Morgan fingerprint density at radius 3 is 1.92 bits per heavy atom. The van der Waals surface area contributed by atoms with Crippen LogP contribution in [0.15, 0.2) is 24.3 Å². The molecule has 1 aromatic rings. The Bertz CT molecular complexity index is 211. The van der Waals surface area contributed by atoms with Gasteiger partial charge < -0.3 is 0 Å². The van der Waals surface area contributed by atoms with E-state index in [1.54, 1.807) is 0 Å². The predicted octanol–water partition coefficient (Wildman–Crippen LogP) is 3.21. The van der Waals surface area contributed by atoms with Gasteiger partial charge in [0.15, 0.2) is 0 Å². The van der Waals surface area contributed by atoms with E-state index in [1.165, 1.54) is 17.0 Å². The number of hydrogen-bond acceptors (Lipinski definition) is 0. The Hall–Kier alpha value is 0.194. The summed E-state index contributed by atoms with van der Waals surface area (Å²) in [5.74, 6) is 1.38. The average molecular weight is 236 g/mol. The summed E-state index contributed by atoms with van der Waals surface area (Å²) in [6, 6.07) is 8.77. The molecule has 0 nitrogen and oxygen atoms in total. The third kappa shape index (κ3) is 3.29. The van der Waals surface area contributed by atoms with Gasteiger partial charge in [-0.1, -0.05) is 26.3 Å². The van der Waals surface area contributed by atoms with Crippen LogP contribution in [-0.4, -0.2) is 0 Å². The van der Waals surface area contributed by atoms with Crippen molar-refractivity contribution in [2.75, 3.05) is 0 Å². The van der Waals surface area contributed by atoms with E-state index in [-0.39, 0.29) is 32.7 Å². The van der Waals surface area contributed by atoms with Crippen molar-refractivity contribution in [2.24, 2.45) is 0 Å². The van der Waals surface area contributed by atoms with Gasteiger partial charge in [-0.05, 0) is 6.42 Å². The second-order valence-corrected chi connectivity index (χ2v) is 3.05. The van der Waals surface area contributed by atoms with Crippen molar-refractivity contribution in [1.82, 2.24) is 0 Å². The molecular formula is C11H15Y-. The maximum absolute atomic E-state index is 2.20. The summed E-state index contributed by atoms with van der Waals surface area (Å²) in [4.78, 5) is 0. The van der Waals surface area contributed by atoms with Crippen molar-refractivity contribution < 1.29 is 32.7 Å². The van der Waals surface area contributed by atoms with Crippen LogP contribution in [0.1, 0.15) is 31.9 Å². The van der Waals surface area contributed by atoms with Crippen LogP contribution in [-0.2, 0) is 39.1 Å². The van der Waals surface area contributed by atoms with Crippen LogP contribution in [0.3, 0.4) is 0 Å². The van der Waals surface area contributed by atoms with Crippen molar-refractivity contribution in [3.05, 3.63) is 41.3 Å². The van der Waals surface area contributed by atoms with Gasteiger partial charge in [0.05, 0.1) is 0 Å². The second kappa shape index (κ2) is 5.77. The zero-order valence-corrected chi connectivity index (χ0v) is 10.9. The molecule has 0 aliphatic rings. The van der Waals surface area contributed by atoms with Crippen molar-refractivity contribution in [2.45, 2.75) is 27.2 Å². The zero-order valence-electron chi connectivity index (χ0n) is 8.09. The third-order valence-electron chi connectivity index (χ3n) is 1.94. The van der Waals surface area contributed by atoms with Crippen LogP contribution in [0.25, 0.3) is 0 Å². The van der Waals surface area contributed by atoms with E-state index >= 15 is 0 Å². The number of benzene rings is 1. The van der Waals surface area contributed by atoms with Gasteiger partial charge in [-0.25, -0.2) is 0 Å². The minimum Gasteiger partial charge on any atom is -0.189 e. The van der Waals surface area contributed by atoms with Gasteiger partial charge >= 0.3 is 0 Å². The van der Waals surface area contributed by atoms with E-state index in [9.17, 15) is 0 Å². The summed E-state index contributed by atoms with van der Waals surface area (Å²) in [5.41, 5.74) is 2.76. The first-order valence-corrected chi connectivity index (χ1v) is 4.13. The molecule has 0 N–H and O–H groups in total. The Balaban J connectivity index is 0.00000121. The first kappa shape index (κ1) is 12.2. The molecular weight excluding hydrogens is 221 g/mol. The van der Waals surface area contributed by atoms with Gasteiger partial charge in [-0.15, -0.1) is 12.1 Å². The van der Waals surface area contributed by atoms with Crippen molar-refractivity contribution >= 4 is 0 Å². The maximum Gasteiger partial charge on any atom is 0 e. The van der Waals surface area contributed by atoms with Crippen LogP contribution in [0.5, 0.6) is 0 Å². The van der Waals surface area contributed by atoms with Crippen molar-refractivity contribution in [3.63, 3.8) is 0 Å². The van der Waals surface area contributed by atoms with E-state index in [4.69, 9.17) is 0 Å². The molecule has 0 atom stereocenters. The van der Waals surface area contributed by atoms with Crippen molar-refractivity contribution in [3.8, 4) is 0 Å². The van der Waals surface area contributed by atoms with Crippen LogP contribution in [0, 0.1) is 5.92 Å². The van der Waals surface area contributed by atoms with Gasteiger partial charge in [0.2, 0.25) is 0 Å². The zero-order chi connectivity index (χ0) is 8.27. The summed E-state index contributed by atoms with van der Waals surface area (Å²) < 4.78 is 0. The van der Waals surface area contributed by atoms with Crippen LogP contribution < -0.4 is 0 Å². The van der Waals surface area contributed by atoms with Gasteiger partial charge in [0.25, 0.3) is 0 Å². The molecule has 12 heavy (non-hydrogen) atoms. The fourth-order valence-electron chi connectivity index (χ4n) is 1.07. The number of hydrogen-bond donors (Lipinski definition) is 0. The summed E-state index contributed by atoms with van der Waals surface area (Å²) >= 11 is 0. The van der Waals surface area contributed by atoms with E-state index in [0.717, 1.165) is 6.42 Å². The molecule has 0 saturated heterocycles. The molecule has 0 bridgehead atoms. The molecule has 0 aromatic heterocycles. The SMILES string of the molecule is CCc1ccc([C-](C)C)cc1.[Y]. The van der Waals surface area contributed by atoms with Crippen molar-refractivity contribution in [1.29, 1.82) is 0 Å². The molecule has 0 aliphatic carbocycles. The average Bonchev–Trinajstić information content (AvgIpc) is 2.05.